The van der Waals surface area contributed by atoms with Gasteiger partial charge in [0.2, 0.25) is 5.95 Å². The lowest BCUT2D eigenvalue weighted by Gasteiger charge is -1.97. The molecule has 0 atom stereocenters. The van der Waals surface area contributed by atoms with Gasteiger partial charge >= 0.3 is 0 Å². The Balaban J connectivity index is 2.00. The summed E-state index contributed by atoms with van der Waals surface area (Å²) in [7, 11) is 0. The van der Waals surface area contributed by atoms with Crippen LogP contribution in [0, 0.1) is 6.92 Å². The first-order valence-corrected chi connectivity index (χ1v) is 4.84. The molecule has 80 valence electrons. The van der Waals surface area contributed by atoms with Gasteiger partial charge in [-0.15, -0.1) is 0 Å². The number of hydrogen-bond acceptors (Lipinski definition) is 5. The van der Waals surface area contributed by atoms with Gasteiger partial charge in [-0.25, -0.2) is 10.4 Å². The maximum Gasteiger partial charge on any atom is 0.246 e. The molecule has 2 aromatic rings. The minimum atomic E-state index is 0.444. The molecule has 0 fully saturated rings. The normalized spacial score (nSPS) is 10.6. The van der Waals surface area contributed by atoms with Gasteiger partial charge in [-0.05, 0) is 12.5 Å². The van der Waals surface area contributed by atoms with E-state index in [-0.39, 0.29) is 0 Å². The van der Waals surface area contributed by atoms with Crippen LogP contribution in [0.25, 0.3) is 0 Å². The van der Waals surface area contributed by atoms with Crippen LogP contribution in [0.2, 0.25) is 0 Å². The molecular weight excluding hydrogens is 202 g/mol. The minimum Gasteiger partial charge on any atom is -0.245 e. The van der Waals surface area contributed by atoms with Crippen molar-refractivity contribution in [2.75, 3.05) is 5.43 Å². The van der Waals surface area contributed by atoms with Gasteiger partial charge in [-0.1, -0.05) is 30.3 Å². The fourth-order valence-corrected chi connectivity index (χ4v) is 1.14. The van der Waals surface area contributed by atoms with Crippen LogP contribution < -0.4 is 5.43 Å². The van der Waals surface area contributed by atoms with E-state index >= 15 is 0 Å². The molecule has 0 saturated heterocycles. The molecule has 0 saturated carbocycles. The van der Waals surface area contributed by atoms with E-state index in [1.165, 1.54) is 6.33 Å². The molecule has 0 aliphatic carbocycles. The number of hydrogen-bond donors (Lipinski definition) is 1. The summed E-state index contributed by atoms with van der Waals surface area (Å²) in [5.41, 5.74) is 3.76. The van der Waals surface area contributed by atoms with Crippen molar-refractivity contribution in [3.8, 4) is 0 Å². The number of anilines is 1. The number of nitrogens with zero attached hydrogens (tertiary/aromatic N) is 4. The third kappa shape index (κ3) is 2.84. The first-order chi connectivity index (χ1) is 7.84. The molecule has 0 aliphatic heterocycles. The maximum atomic E-state index is 4.06. The quantitative estimate of drug-likeness (QED) is 0.621. The maximum absolute atomic E-state index is 4.06. The van der Waals surface area contributed by atoms with Gasteiger partial charge in [-0.3, -0.25) is 0 Å². The van der Waals surface area contributed by atoms with E-state index in [1.807, 2.05) is 30.3 Å². The molecule has 0 amide bonds. The first kappa shape index (κ1) is 10.2. The number of aromatic nitrogens is 3. The van der Waals surface area contributed by atoms with Gasteiger partial charge in [0.25, 0.3) is 0 Å². The van der Waals surface area contributed by atoms with Gasteiger partial charge in [0, 0.05) is 0 Å². The summed E-state index contributed by atoms with van der Waals surface area (Å²) < 4.78 is 0. The van der Waals surface area contributed by atoms with Crippen molar-refractivity contribution >= 4 is 12.2 Å². The molecule has 0 aliphatic rings. The van der Waals surface area contributed by atoms with Crippen LogP contribution in [0.5, 0.6) is 0 Å². The van der Waals surface area contributed by atoms with E-state index in [9.17, 15) is 0 Å². The highest BCUT2D eigenvalue weighted by molar-refractivity contribution is 5.79. The smallest absolute Gasteiger partial charge is 0.245 e. The second-order valence-electron chi connectivity index (χ2n) is 3.14. The molecule has 1 N–H and O–H groups in total. The zero-order valence-corrected chi connectivity index (χ0v) is 8.83. The fourth-order valence-electron chi connectivity index (χ4n) is 1.14. The first-order valence-electron chi connectivity index (χ1n) is 4.84. The van der Waals surface area contributed by atoms with Crippen molar-refractivity contribution in [3.63, 3.8) is 0 Å². The third-order valence-corrected chi connectivity index (χ3v) is 1.87. The summed E-state index contributed by atoms with van der Waals surface area (Å²) in [6.45, 7) is 1.80. The standard InChI is InChI=1S/C11H11N5/c1-9-12-8-13-11(15-9)16-14-7-10-5-3-2-4-6-10/h2-8H,1H3,(H,12,13,15,16)/b14-7+. The Bertz CT molecular complexity index is 481. The van der Waals surface area contributed by atoms with Crippen LogP contribution in [0.15, 0.2) is 41.8 Å². The van der Waals surface area contributed by atoms with Gasteiger partial charge in [0.05, 0.1) is 6.21 Å². The largest absolute Gasteiger partial charge is 0.246 e. The number of aryl methyl sites for hydroxylation is 1. The topological polar surface area (TPSA) is 63.1 Å². The van der Waals surface area contributed by atoms with Crippen molar-refractivity contribution in [1.29, 1.82) is 0 Å². The Morgan fingerprint density at radius 1 is 1.19 bits per heavy atom. The van der Waals surface area contributed by atoms with Crippen molar-refractivity contribution in [2.24, 2.45) is 5.10 Å². The van der Waals surface area contributed by atoms with Gasteiger partial charge in [-0.2, -0.15) is 15.1 Å². The van der Waals surface area contributed by atoms with Gasteiger partial charge < -0.3 is 0 Å². The Hall–Kier alpha value is -2.30. The van der Waals surface area contributed by atoms with Crippen LogP contribution in [0.1, 0.15) is 11.4 Å². The molecule has 0 bridgehead atoms. The summed E-state index contributed by atoms with van der Waals surface area (Å²) in [4.78, 5) is 11.9. The van der Waals surface area contributed by atoms with Crippen LogP contribution >= 0.6 is 0 Å². The van der Waals surface area contributed by atoms with Crippen LogP contribution in [0.3, 0.4) is 0 Å². The average molecular weight is 213 g/mol. The second kappa shape index (κ2) is 4.97. The molecular formula is C11H11N5. The minimum absolute atomic E-state index is 0.444. The monoisotopic (exact) mass is 213 g/mol. The third-order valence-electron chi connectivity index (χ3n) is 1.87. The lowest BCUT2D eigenvalue weighted by Crippen LogP contribution is -1.99. The predicted octanol–water partition coefficient (Wildman–Crippen LogP) is 1.63. The summed E-state index contributed by atoms with van der Waals surface area (Å²) in [5.74, 6) is 1.10. The molecule has 16 heavy (non-hydrogen) atoms. The number of hydrazone groups is 1. The molecule has 1 heterocycles. The highest BCUT2D eigenvalue weighted by atomic mass is 15.4. The number of rotatable bonds is 3. The summed E-state index contributed by atoms with van der Waals surface area (Å²) >= 11 is 0. The number of nitrogens with one attached hydrogen (secondary N) is 1. The van der Waals surface area contributed by atoms with E-state index in [0.29, 0.717) is 11.8 Å². The van der Waals surface area contributed by atoms with E-state index in [1.54, 1.807) is 13.1 Å². The van der Waals surface area contributed by atoms with E-state index in [4.69, 9.17) is 0 Å². The molecule has 1 aromatic heterocycles. The molecule has 5 nitrogen and oxygen atoms in total. The van der Waals surface area contributed by atoms with Gasteiger partial charge in [0.1, 0.15) is 12.2 Å². The van der Waals surface area contributed by atoms with Crippen molar-refractivity contribution in [1.82, 2.24) is 15.0 Å². The summed E-state index contributed by atoms with van der Waals surface area (Å²) in [6, 6.07) is 9.79. The van der Waals surface area contributed by atoms with Crippen molar-refractivity contribution in [3.05, 3.63) is 48.0 Å². The SMILES string of the molecule is Cc1ncnc(N/N=C/c2ccccc2)n1. The van der Waals surface area contributed by atoms with E-state index in [0.717, 1.165) is 5.56 Å². The molecule has 5 heteroatoms. The molecule has 0 radical (unpaired) electrons. The zero-order valence-electron chi connectivity index (χ0n) is 8.83. The Morgan fingerprint density at radius 3 is 2.75 bits per heavy atom. The number of benzene rings is 1. The highest BCUT2D eigenvalue weighted by Gasteiger charge is 1.92. The molecule has 0 spiro atoms. The lowest BCUT2D eigenvalue weighted by molar-refractivity contribution is 0.968. The van der Waals surface area contributed by atoms with Crippen LogP contribution in [-0.4, -0.2) is 21.2 Å². The summed E-state index contributed by atoms with van der Waals surface area (Å²) in [5, 5.41) is 4.03. The fraction of sp³-hybridized carbons (Fsp3) is 0.0909. The zero-order chi connectivity index (χ0) is 11.2. The predicted molar refractivity (Wildman–Crippen MR) is 62.2 cm³/mol. The van der Waals surface area contributed by atoms with Crippen molar-refractivity contribution in [2.45, 2.75) is 6.92 Å². The molecule has 2 rings (SSSR count). The van der Waals surface area contributed by atoms with E-state index in [2.05, 4.69) is 25.5 Å². The second-order valence-corrected chi connectivity index (χ2v) is 3.14. The van der Waals surface area contributed by atoms with Crippen LogP contribution in [-0.2, 0) is 0 Å². The Morgan fingerprint density at radius 2 is 2.00 bits per heavy atom. The van der Waals surface area contributed by atoms with Crippen molar-refractivity contribution < 1.29 is 0 Å². The Kier molecular flexibility index (Phi) is 3.18. The summed E-state index contributed by atoms with van der Waals surface area (Å²) in [6.07, 6.45) is 3.15. The van der Waals surface area contributed by atoms with Crippen LogP contribution in [0.4, 0.5) is 5.95 Å². The molecule has 0 unspecified atom stereocenters. The lowest BCUT2D eigenvalue weighted by atomic mass is 10.2. The highest BCUT2D eigenvalue weighted by Crippen LogP contribution is 1.97. The average Bonchev–Trinajstić information content (AvgIpc) is 2.30. The Labute approximate surface area is 93.3 Å². The molecule has 1 aromatic carbocycles. The van der Waals surface area contributed by atoms with E-state index < -0.39 is 0 Å². The van der Waals surface area contributed by atoms with Gasteiger partial charge in [0.15, 0.2) is 0 Å².